The fraction of sp³-hybridized carbons (Fsp3) is 0.762. The minimum atomic E-state index is 0.429. The molecule has 2 aliphatic heterocycles. The largest absolute Gasteiger partial charge is 0.378 e. The molecule has 0 bridgehead atoms. The third-order valence-corrected chi connectivity index (χ3v) is 6.40. The molecule has 0 saturated carbocycles. The minimum absolute atomic E-state index is 0.429. The zero-order chi connectivity index (χ0) is 18.9. The number of piperidine rings is 2. The van der Waals surface area contributed by atoms with Gasteiger partial charge in [0.1, 0.15) is 0 Å². The second-order valence-electron chi connectivity index (χ2n) is 7.66. The van der Waals surface area contributed by atoms with Crippen molar-refractivity contribution in [2.45, 2.75) is 52.2 Å². The predicted octanol–water partition coefficient (Wildman–Crippen LogP) is 3.43. The van der Waals surface area contributed by atoms with E-state index in [4.69, 9.17) is 9.73 Å². The molecule has 27 heavy (non-hydrogen) atoms. The molecule has 1 atom stereocenters. The number of guanidine groups is 1. The summed E-state index contributed by atoms with van der Waals surface area (Å²) in [5.41, 5.74) is 0. The molecule has 2 aliphatic rings. The first-order chi connectivity index (χ1) is 13.3. The summed E-state index contributed by atoms with van der Waals surface area (Å²) in [6.45, 7) is 12.5. The van der Waals surface area contributed by atoms with E-state index >= 15 is 0 Å². The fourth-order valence-electron chi connectivity index (χ4n) is 4.18. The second-order valence-corrected chi connectivity index (χ2v) is 8.69. The lowest BCUT2D eigenvalue weighted by Crippen LogP contribution is -2.47. The Morgan fingerprint density at radius 3 is 2.81 bits per heavy atom. The summed E-state index contributed by atoms with van der Waals surface area (Å²) in [6, 6.07) is 4.41. The molecular formula is C21H36N4OS. The van der Waals surface area contributed by atoms with Crippen molar-refractivity contribution in [3.63, 3.8) is 0 Å². The van der Waals surface area contributed by atoms with Crippen LogP contribution >= 0.6 is 11.3 Å². The molecular weight excluding hydrogens is 356 g/mol. The highest BCUT2D eigenvalue weighted by Gasteiger charge is 2.23. The van der Waals surface area contributed by atoms with Gasteiger partial charge in [-0.2, -0.15) is 0 Å². The van der Waals surface area contributed by atoms with Crippen molar-refractivity contribution < 1.29 is 4.74 Å². The van der Waals surface area contributed by atoms with E-state index in [-0.39, 0.29) is 0 Å². The van der Waals surface area contributed by atoms with Gasteiger partial charge in [-0.25, -0.2) is 0 Å². The van der Waals surface area contributed by atoms with Crippen molar-refractivity contribution in [2.24, 2.45) is 10.9 Å². The Hall–Kier alpha value is -1.11. The molecule has 0 aromatic carbocycles. The highest BCUT2D eigenvalue weighted by molar-refractivity contribution is 7.09. The normalized spacial score (nSPS) is 23.0. The van der Waals surface area contributed by atoms with E-state index in [2.05, 4.69) is 46.5 Å². The fourth-order valence-corrected chi connectivity index (χ4v) is 4.92. The lowest BCUT2D eigenvalue weighted by atomic mass is 9.98. The molecule has 5 nitrogen and oxygen atoms in total. The SMILES string of the molecule is CCNC(=NCC1CCCN(Cc2cccs2)C1)N1CCC(OCC)CC1. The Labute approximate surface area is 168 Å². The third kappa shape index (κ3) is 6.47. The van der Waals surface area contributed by atoms with Crippen molar-refractivity contribution in [2.75, 3.05) is 45.9 Å². The number of nitrogens with one attached hydrogen (secondary N) is 1. The Kier molecular flexibility index (Phi) is 8.42. The molecule has 0 spiro atoms. The van der Waals surface area contributed by atoms with Crippen molar-refractivity contribution in [3.05, 3.63) is 22.4 Å². The van der Waals surface area contributed by atoms with Crippen molar-refractivity contribution >= 4 is 17.3 Å². The molecule has 3 rings (SSSR count). The highest BCUT2D eigenvalue weighted by Crippen LogP contribution is 2.21. The van der Waals surface area contributed by atoms with Crippen molar-refractivity contribution in [1.82, 2.24) is 15.1 Å². The Balaban J connectivity index is 1.50. The minimum Gasteiger partial charge on any atom is -0.378 e. The summed E-state index contributed by atoms with van der Waals surface area (Å²) in [4.78, 5) is 11.5. The van der Waals surface area contributed by atoms with Gasteiger partial charge in [0.15, 0.2) is 5.96 Å². The molecule has 1 unspecified atom stereocenters. The highest BCUT2D eigenvalue weighted by atomic mass is 32.1. The summed E-state index contributed by atoms with van der Waals surface area (Å²) in [6.07, 6.45) is 5.24. The number of aliphatic imine (C=N–C) groups is 1. The number of thiophene rings is 1. The number of nitrogens with zero attached hydrogens (tertiary/aromatic N) is 3. The molecule has 0 amide bonds. The quantitative estimate of drug-likeness (QED) is 0.570. The van der Waals surface area contributed by atoms with E-state index < -0.39 is 0 Å². The van der Waals surface area contributed by atoms with E-state index in [1.54, 1.807) is 0 Å². The zero-order valence-electron chi connectivity index (χ0n) is 17.0. The monoisotopic (exact) mass is 392 g/mol. The first-order valence-electron chi connectivity index (χ1n) is 10.7. The van der Waals surface area contributed by atoms with E-state index in [0.29, 0.717) is 12.0 Å². The molecule has 2 saturated heterocycles. The van der Waals surface area contributed by atoms with Crippen molar-refractivity contribution in [1.29, 1.82) is 0 Å². The van der Waals surface area contributed by atoms with Gasteiger partial charge in [0.05, 0.1) is 6.10 Å². The molecule has 1 aromatic rings. The van der Waals surface area contributed by atoms with Crippen LogP contribution in [0.25, 0.3) is 0 Å². The van der Waals surface area contributed by atoms with Gasteiger partial charge < -0.3 is 15.0 Å². The number of rotatable bonds is 7. The first kappa shape index (κ1) is 20.6. The van der Waals surface area contributed by atoms with Crippen LogP contribution in [-0.4, -0.2) is 67.7 Å². The molecule has 0 aliphatic carbocycles. The standard InChI is InChI=1S/C21H36N4OS/c1-3-22-21(25-12-9-19(10-13-25)26-4-2)23-15-18-7-5-11-24(16-18)17-20-8-6-14-27-20/h6,8,14,18-19H,3-5,7,9-13,15-17H2,1-2H3,(H,22,23). The smallest absolute Gasteiger partial charge is 0.193 e. The van der Waals surface area contributed by atoms with E-state index in [0.717, 1.165) is 58.1 Å². The molecule has 1 aromatic heterocycles. The maximum Gasteiger partial charge on any atom is 0.193 e. The predicted molar refractivity (Wildman–Crippen MR) is 115 cm³/mol. The Morgan fingerprint density at radius 1 is 1.26 bits per heavy atom. The Bertz CT molecular complexity index is 555. The summed E-state index contributed by atoms with van der Waals surface area (Å²) in [7, 11) is 0. The first-order valence-corrected chi connectivity index (χ1v) is 11.6. The van der Waals surface area contributed by atoms with Crippen LogP contribution in [-0.2, 0) is 11.3 Å². The summed E-state index contributed by atoms with van der Waals surface area (Å²) >= 11 is 1.87. The van der Waals surface area contributed by atoms with Gasteiger partial charge in [0, 0.05) is 50.8 Å². The average molecular weight is 393 g/mol. The maximum atomic E-state index is 5.79. The van der Waals surface area contributed by atoms with Crippen LogP contribution in [0.15, 0.2) is 22.5 Å². The van der Waals surface area contributed by atoms with Gasteiger partial charge >= 0.3 is 0 Å². The molecule has 2 fully saturated rings. The number of hydrogen-bond acceptors (Lipinski definition) is 4. The van der Waals surface area contributed by atoms with Crippen LogP contribution in [0.2, 0.25) is 0 Å². The van der Waals surface area contributed by atoms with Gasteiger partial charge in [-0.3, -0.25) is 9.89 Å². The van der Waals surface area contributed by atoms with Gasteiger partial charge in [-0.1, -0.05) is 6.07 Å². The number of hydrogen-bond donors (Lipinski definition) is 1. The molecule has 1 N–H and O–H groups in total. The number of ether oxygens (including phenoxy) is 1. The Morgan fingerprint density at radius 2 is 2.11 bits per heavy atom. The molecule has 0 radical (unpaired) electrons. The molecule has 152 valence electrons. The van der Waals surface area contributed by atoms with Crippen LogP contribution in [0.1, 0.15) is 44.4 Å². The van der Waals surface area contributed by atoms with Crippen LogP contribution in [0.5, 0.6) is 0 Å². The van der Waals surface area contributed by atoms with E-state index in [9.17, 15) is 0 Å². The van der Waals surface area contributed by atoms with Gasteiger partial charge in [0.2, 0.25) is 0 Å². The van der Waals surface area contributed by atoms with Crippen LogP contribution in [0.4, 0.5) is 0 Å². The zero-order valence-corrected chi connectivity index (χ0v) is 17.8. The van der Waals surface area contributed by atoms with E-state index in [1.165, 1.54) is 30.8 Å². The van der Waals surface area contributed by atoms with Gasteiger partial charge in [-0.05, 0) is 63.4 Å². The van der Waals surface area contributed by atoms with E-state index in [1.807, 2.05) is 11.3 Å². The van der Waals surface area contributed by atoms with Crippen LogP contribution in [0, 0.1) is 5.92 Å². The maximum absolute atomic E-state index is 5.79. The second kappa shape index (κ2) is 11.0. The summed E-state index contributed by atoms with van der Waals surface area (Å²) < 4.78 is 5.79. The van der Waals surface area contributed by atoms with Crippen LogP contribution in [0.3, 0.4) is 0 Å². The van der Waals surface area contributed by atoms with Crippen molar-refractivity contribution in [3.8, 4) is 0 Å². The van der Waals surface area contributed by atoms with Gasteiger partial charge in [-0.15, -0.1) is 11.3 Å². The lowest BCUT2D eigenvalue weighted by molar-refractivity contribution is 0.0263. The lowest BCUT2D eigenvalue weighted by Gasteiger charge is -2.35. The number of likely N-dealkylation sites (tertiary alicyclic amines) is 2. The topological polar surface area (TPSA) is 40.1 Å². The third-order valence-electron chi connectivity index (χ3n) is 5.54. The summed E-state index contributed by atoms with van der Waals surface area (Å²) in [5, 5.41) is 5.69. The van der Waals surface area contributed by atoms with Crippen LogP contribution < -0.4 is 5.32 Å². The molecule has 6 heteroatoms. The van der Waals surface area contributed by atoms with Gasteiger partial charge in [0.25, 0.3) is 0 Å². The average Bonchev–Trinajstić information content (AvgIpc) is 3.19. The summed E-state index contributed by atoms with van der Waals surface area (Å²) in [5.74, 6) is 1.77. The molecule has 3 heterocycles.